The minimum absolute atomic E-state index is 0.00653. The van der Waals surface area contributed by atoms with E-state index in [0.29, 0.717) is 5.56 Å². The molecular weight excluding hydrogens is 368 g/mol. The van der Waals surface area contributed by atoms with E-state index in [1.54, 1.807) is 0 Å². The number of carboxylic acid groups (broad SMARTS) is 2. The maximum absolute atomic E-state index is 12.5. The zero-order valence-corrected chi connectivity index (χ0v) is 14.2. The second-order valence-electron chi connectivity index (χ2n) is 5.00. The molecule has 0 saturated carbocycles. The number of carbonyl (C=O) groups excluding carboxylic acids is 2. The summed E-state index contributed by atoms with van der Waals surface area (Å²) in [5, 5.41) is 18.1. The average molecular weight is 380 g/mol. The molecule has 1 aliphatic rings. The maximum Gasteiger partial charge on any atom is 0.335 e. The zero-order valence-electron chi connectivity index (χ0n) is 12.5. The number of thiocarbonyl (C=S) groups is 1. The van der Waals surface area contributed by atoms with Gasteiger partial charge in [0, 0.05) is 0 Å². The summed E-state index contributed by atoms with van der Waals surface area (Å²) in [5.74, 6) is -3.98. The highest BCUT2D eigenvalue weighted by molar-refractivity contribution is 8.26. The SMILES string of the molecule is NC(=O)CC(C(=O)O)N1C(=O)/C(=C/c2ccc(C(=O)O)cc2)SC1=S. The Bertz CT molecular complexity index is 803. The first-order valence-corrected chi connectivity index (χ1v) is 8.04. The van der Waals surface area contributed by atoms with E-state index in [9.17, 15) is 24.3 Å². The summed E-state index contributed by atoms with van der Waals surface area (Å²) in [6.45, 7) is 0. The number of rotatable bonds is 6. The van der Waals surface area contributed by atoms with Gasteiger partial charge in [0.1, 0.15) is 10.4 Å². The molecule has 25 heavy (non-hydrogen) atoms. The molecule has 0 bridgehead atoms. The van der Waals surface area contributed by atoms with Crippen LogP contribution >= 0.6 is 24.0 Å². The minimum Gasteiger partial charge on any atom is -0.480 e. The Morgan fingerprint density at radius 3 is 2.32 bits per heavy atom. The highest BCUT2D eigenvalue weighted by Crippen LogP contribution is 2.34. The number of thioether (sulfide) groups is 1. The molecule has 10 heteroatoms. The number of primary amides is 1. The van der Waals surface area contributed by atoms with E-state index in [4.69, 9.17) is 23.1 Å². The number of hydrogen-bond acceptors (Lipinski definition) is 6. The van der Waals surface area contributed by atoms with Crippen LogP contribution in [0, 0.1) is 0 Å². The molecule has 0 spiro atoms. The Labute approximate surface area is 151 Å². The molecule has 1 aromatic carbocycles. The molecule has 0 radical (unpaired) electrons. The number of amides is 2. The smallest absolute Gasteiger partial charge is 0.335 e. The van der Waals surface area contributed by atoms with Crippen LogP contribution in [0.5, 0.6) is 0 Å². The molecule has 0 aromatic heterocycles. The Balaban J connectivity index is 2.29. The topological polar surface area (TPSA) is 138 Å². The first kappa shape index (κ1) is 18.6. The number of carbonyl (C=O) groups is 4. The van der Waals surface area contributed by atoms with Crippen molar-refractivity contribution >= 4 is 58.1 Å². The molecule has 2 rings (SSSR count). The second-order valence-corrected chi connectivity index (χ2v) is 6.68. The predicted molar refractivity (Wildman–Crippen MR) is 93.6 cm³/mol. The molecule has 130 valence electrons. The lowest BCUT2D eigenvalue weighted by Gasteiger charge is -2.21. The van der Waals surface area contributed by atoms with Crippen LogP contribution in [-0.2, 0) is 14.4 Å². The highest BCUT2D eigenvalue weighted by atomic mass is 32.2. The van der Waals surface area contributed by atoms with Crippen molar-refractivity contribution in [1.82, 2.24) is 4.90 Å². The Kier molecular flexibility index (Phi) is 5.55. The van der Waals surface area contributed by atoms with Gasteiger partial charge in [0.05, 0.1) is 16.9 Å². The first-order chi connectivity index (χ1) is 11.7. The van der Waals surface area contributed by atoms with Crippen LogP contribution in [0.3, 0.4) is 0 Å². The minimum atomic E-state index is -1.47. The fourth-order valence-corrected chi connectivity index (χ4v) is 3.46. The van der Waals surface area contributed by atoms with Gasteiger partial charge in [-0.15, -0.1) is 0 Å². The normalized spacial score (nSPS) is 17.0. The summed E-state index contributed by atoms with van der Waals surface area (Å²) in [4.78, 5) is 46.7. The summed E-state index contributed by atoms with van der Waals surface area (Å²) in [5.41, 5.74) is 5.68. The lowest BCUT2D eigenvalue weighted by molar-refractivity contribution is -0.146. The van der Waals surface area contributed by atoms with E-state index >= 15 is 0 Å². The standard InChI is InChI=1S/C15H12N2O6S2/c16-11(18)6-9(14(22)23)17-12(19)10(25-15(17)24)5-7-1-3-8(4-2-7)13(20)21/h1-5,9H,6H2,(H2,16,18)(H,20,21)(H,22,23)/b10-5-. The van der Waals surface area contributed by atoms with Crippen LogP contribution in [0.1, 0.15) is 22.3 Å². The van der Waals surface area contributed by atoms with Gasteiger partial charge in [-0.05, 0) is 23.8 Å². The van der Waals surface area contributed by atoms with E-state index in [2.05, 4.69) is 0 Å². The van der Waals surface area contributed by atoms with E-state index in [1.807, 2.05) is 0 Å². The maximum atomic E-state index is 12.5. The largest absolute Gasteiger partial charge is 0.480 e. The van der Waals surface area contributed by atoms with Crippen molar-refractivity contribution in [3.63, 3.8) is 0 Å². The number of benzene rings is 1. The van der Waals surface area contributed by atoms with Crippen molar-refractivity contribution in [1.29, 1.82) is 0 Å². The van der Waals surface area contributed by atoms with Crippen molar-refractivity contribution in [3.8, 4) is 0 Å². The van der Waals surface area contributed by atoms with Crippen molar-refractivity contribution in [2.24, 2.45) is 5.73 Å². The summed E-state index contributed by atoms with van der Waals surface area (Å²) >= 11 is 5.95. The molecule has 1 unspecified atom stereocenters. The molecule has 1 aliphatic heterocycles. The van der Waals surface area contributed by atoms with Gasteiger partial charge in [-0.1, -0.05) is 36.1 Å². The number of nitrogens with zero attached hydrogens (tertiary/aromatic N) is 1. The molecular formula is C15H12N2O6S2. The number of nitrogens with two attached hydrogens (primary N) is 1. The molecule has 1 fully saturated rings. The lowest BCUT2D eigenvalue weighted by atomic mass is 10.1. The second kappa shape index (κ2) is 7.45. The monoisotopic (exact) mass is 380 g/mol. The van der Waals surface area contributed by atoms with Crippen LogP contribution in [0.4, 0.5) is 0 Å². The van der Waals surface area contributed by atoms with Crippen molar-refractivity contribution < 1.29 is 29.4 Å². The summed E-state index contributed by atoms with van der Waals surface area (Å²) in [7, 11) is 0. The van der Waals surface area contributed by atoms with Crippen LogP contribution < -0.4 is 5.73 Å². The number of carboxylic acids is 2. The van der Waals surface area contributed by atoms with Gasteiger partial charge in [-0.3, -0.25) is 14.5 Å². The molecule has 1 atom stereocenters. The fourth-order valence-electron chi connectivity index (χ4n) is 2.10. The van der Waals surface area contributed by atoms with E-state index < -0.39 is 36.2 Å². The molecule has 1 heterocycles. The Morgan fingerprint density at radius 2 is 1.84 bits per heavy atom. The first-order valence-electron chi connectivity index (χ1n) is 6.82. The summed E-state index contributed by atoms with van der Waals surface area (Å²) < 4.78 is 0.00653. The number of aliphatic carboxylic acids is 1. The van der Waals surface area contributed by atoms with Crippen LogP contribution in [-0.4, -0.2) is 49.2 Å². The third kappa shape index (κ3) is 4.22. The van der Waals surface area contributed by atoms with Gasteiger partial charge in [-0.2, -0.15) is 0 Å². The van der Waals surface area contributed by atoms with Gasteiger partial charge in [0.25, 0.3) is 5.91 Å². The summed E-state index contributed by atoms with van der Waals surface area (Å²) in [6, 6.07) is 4.30. The molecule has 4 N–H and O–H groups in total. The van der Waals surface area contributed by atoms with Crippen LogP contribution in [0.25, 0.3) is 6.08 Å². The number of aromatic carboxylic acids is 1. The average Bonchev–Trinajstić information content (AvgIpc) is 2.79. The molecule has 0 aliphatic carbocycles. The molecule has 2 amide bonds. The van der Waals surface area contributed by atoms with E-state index in [1.165, 1.54) is 30.3 Å². The Hall–Kier alpha value is -2.72. The van der Waals surface area contributed by atoms with Crippen LogP contribution in [0.2, 0.25) is 0 Å². The molecule has 1 saturated heterocycles. The van der Waals surface area contributed by atoms with Crippen molar-refractivity contribution in [2.75, 3.05) is 0 Å². The van der Waals surface area contributed by atoms with Gasteiger partial charge in [0.2, 0.25) is 5.91 Å². The van der Waals surface area contributed by atoms with E-state index in [0.717, 1.165) is 16.7 Å². The quantitative estimate of drug-likeness (QED) is 0.489. The molecule has 1 aromatic rings. The predicted octanol–water partition coefficient (Wildman–Crippen LogP) is 0.915. The number of hydrogen-bond donors (Lipinski definition) is 3. The van der Waals surface area contributed by atoms with Gasteiger partial charge in [-0.25, -0.2) is 9.59 Å². The fraction of sp³-hybridized carbons (Fsp3) is 0.133. The van der Waals surface area contributed by atoms with Crippen molar-refractivity contribution in [3.05, 3.63) is 40.3 Å². The third-order valence-corrected chi connectivity index (χ3v) is 4.60. The van der Waals surface area contributed by atoms with Gasteiger partial charge >= 0.3 is 11.9 Å². The summed E-state index contributed by atoms with van der Waals surface area (Å²) in [6.07, 6.45) is 0.913. The Morgan fingerprint density at radius 1 is 1.24 bits per heavy atom. The van der Waals surface area contributed by atoms with Crippen LogP contribution in [0.15, 0.2) is 29.2 Å². The molecule has 8 nitrogen and oxygen atoms in total. The van der Waals surface area contributed by atoms with Crippen molar-refractivity contribution in [2.45, 2.75) is 12.5 Å². The van der Waals surface area contributed by atoms with Gasteiger partial charge in [0.15, 0.2) is 0 Å². The van der Waals surface area contributed by atoms with Gasteiger partial charge < -0.3 is 15.9 Å². The zero-order chi connectivity index (χ0) is 18.7. The lowest BCUT2D eigenvalue weighted by Crippen LogP contribution is -2.46. The highest BCUT2D eigenvalue weighted by Gasteiger charge is 2.41. The van der Waals surface area contributed by atoms with E-state index in [-0.39, 0.29) is 14.8 Å². The third-order valence-electron chi connectivity index (χ3n) is 3.27.